The van der Waals surface area contributed by atoms with Gasteiger partial charge in [-0.2, -0.15) is 10.2 Å². The number of anilines is 2. The van der Waals surface area contributed by atoms with Crippen LogP contribution in [0.3, 0.4) is 0 Å². The van der Waals surface area contributed by atoms with Crippen molar-refractivity contribution < 1.29 is 19.8 Å². The lowest BCUT2D eigenvalue weighted by Gasteiger charge is -2.14. The normalized spacial score (nSPS) is 10.9. The molecule has 59 heavy (non-hydrogen) atoms. The molecule has 328 valence electrons. The molecule has 0 aliphatic heterocycles. The minimum Gasteiger partial charge on any atom is -0.510 e. The Bertz CT molecular complexity index is 1730. The van der Waals surface area contributed by atoms with Gasteiger partial charge < -0.3 is 20.8 Å². The summed E-state index contributed by atoms with van der Waals surface area (Å²) in [4.78, 5) is 25.4. The lowest BCUT2D eigenvalue weighted by molar-refractivity contribution is -0.119. The lowest BCUT2D eigenvalue weighted by Crippen LogP contribution is -2.34. The van der Waals surface area contributed by atoms with E-state index in [-0.39, 0.29) is 11.5 Å². The Kier molecular flexibility index (Phi) is 40.2. The third kappa shape index (κ3) is 24.1. The van der Waals surface area contributed by atoms with Crippen molar-refractivity contribution in [3.8, 4) is 11.1 Å². The number of para-hydroxylation sites is 2. The summed E-state index contributed by atoms with van der Waals surface area (Å²) in [5.41, 5.74) is 5.61. The zero-order valence-electron chi connectivity index (χ0n) is 39.6. The van der Waals surface area contributed by atoms with Crippen molar-refractivity contribution >= 4 is 34.6 Å². The molecule has 0 saturated heterocycles. The highest BCUT2D eigenvalue weighted by Crippen LogP contribution is 2.31. The van der Waals surface area contributed by atoms with E-state index < -0.39 is 24.0 Å². The Morgan fingerprint density at radius 2 is 0.983 bits per heavy atom. The number of allylic oxidation sites excluding steroid dienone is 1. The Hall–Kier alpha value is -5.48. The molecule has 2 unspecified atom stereocenters. The number of aryl methyl sites for hydroxylation is 2. The summed E-state index contributed by atoms with van der Waals surface area (Å²) in [7, 11) is 0. The third-order valence-electron chi connectivity index (χ3n) is 6.63. The number of hydrogen-bond donors (Lipinski definition) is 4. The van der Waals surface area contributed by atoms with E-state index in [4.69, 9.17) is 0 Å². The summed E-state index contributed by atoms with van der Waals surface area (Å²) >= 11 is 0. The number of azo groups is 2. The molecule has 10 nitrogen and oxygen atoms in total. The Morgan fingerprint density at radius 1 is 0.610 bits per heavy atom. The van der Waals surface area contributed by atoms with Gasteiger partial charge in [0.1, 0.15) is 5.76 Å². The molecule has 0 aromatic heterocycles. The molecule has 0 aliphatic rings. The first-order valence-electron chi connectivity index (χ1n) is 21.4. The van der Waals surface area contributed by atoms with Crippen LogP contribution in [0.15, 0.2) is 129 Å². The van der Waals surface area contributed by atoms with Crippen LogP contribution >= 0.6 is 0 Å². The van der Waals surface area contributed by atoms with Gasteiger partial charge in [0.2, 0.25) is 0 Å². The van der Waals surface area contributed by atoms with E-state index >= 15 is 0 Å². The summed E-state index contributed by atoms with van der Waals surface area (Å²) in [5, 5.41) is 42.3. The fraction of sp³-hybridized carbons (Fsp3) is 0.429. The van der Waals surface area contributed by atoms with Gasteiger partial charge in [0, 0.05) is 11.4 Å². The number of nitrogens with zero attached hydrogens (tertiary/aromatic N) is 4. The average Bonchev–Trinajstić information content (AvgIpc) is 3.27. The molecule has 0 saturated carbocycles. The quantitative estimate of drug-likeness (QED) is 0.0716. The zero-order chi connectivity index (χ0) is 46.3. The summed E-state index contributed by atoms with van der Waals surface area (Å²) in [6.45, 7) is 34.9. The van der Waals surface area contributed by atoms with Crippen LogP contribution in [0, 0.1) is 13.8 Å². The molecule has 0 radical (unpaired) electrons. The first-order valence-corrected chi connectivity index (χ1v) is 21.4. The number of aliphatic hydroxyl groups is 2. The maximum atomic E-state index is 12.7. The van der Waals surface area contributed by atoms with E-state index in [0.29, 0.717) is 22.7 Å². The van der Waals surface area contributed by atoms with Crippen LogP contribution in [0.25, 0.3) is 11.1 Å². The second-order valence-electron chi connectivity index (χ2n) is 10.9. The average molecular weight is 815 g/mol. The number of carbonyl (C=O) groups is 2. The second kappa shape index (κ2) is 39.4. The summed E-state index contributed by atoms with van der Waals surface area (Å²) < 4.78 is 0. The standard InChI is InChI=1S/C34H34N6O4.C3H8.6C2H6/c1-21-19-25(15-17-29(21)37-39-31(23(3)41)33(43)35-27-11-7-5-8-12-27)26-16-18-30(22(2)20-26)38-40-32(24(4)42)34(44)36-28-13-9-6-10-14-28;1-3-2;6*1-2/h5-20,23,31,41-42H,1-4H3,(H,35,43)(H,36,44);3H2,1-2H3;6*1-2H3/b32-24+,39-37?,40-38?;;;;;;;. The number of rotatable bonds is 10. The van der Waals surface area contributed by atoms with E-state index in [2.05, 4.69) is 44.9 Å². The number of carbonyl (C=O) groups excluding carboxylic acids is 2. The van der Waals surface area contributed by atoms with Crippen LogP contribution < -0.4 is 10.6 Å². The summed E-state index contributed by atoms with van der Waals surface area (Å²) in [6, 6.07) is 28.0. The molecule has 10 heteroatoms. The summed E-state index contributed by atoms with van der Waals surface area (Å²) in [6.07, 6.45) is 0.215. The minimum absolute atomic E-state index is 0.187. The molecule has 4 rings (SSSR count). The molecule has 0 bridgehead atoms. The first-order chi connectivity index (χ1) is 28.5. The largest absolute Gasteiger partial charge is 0.510 e. The van der Waals surface area contributed by atoms with Gasteiger partial charge in [-0.25, -0.2) is 0 Å². The van der Waals surface area contributed by atoms with E-state index in [1.807, 2.05) is 133 Å². The molecular weight excluding hydrogens is 737 g/mol. The van der Waals surface area contributed by atoms with Crippen molar-refractivity contribution in [2.24, 2.45) is 20.5 Å². The molecule has 0 fully saturated rings. The number of amides is 2. The predicted molar refractivity (Wildman–Crippen MR) is 255 cm³/mol. The van der Waals surface area contributed by atoms with Crippen molar-refractivity contribution in [3.05, 3.63) is 120 Å². The van der Waals surface area contributed by atoms with Crippen molar-refractivity contribution in [2.45, 2.75) is 143 Å². The van der Waals surface area contributed by atoms with Gasteiger partial charge in [0.15, 0.2) is 11.7 Å². The number of benzene rings is 4. The number of hydrogen-bond acceptors (Lipinski definition) is 8. The predicted octanol–water partition coefficient (Wildman–Crippen LogP) is 15.5. The zero-order valence-corrected chi connectivity index (χ0v) is 39.6. The van der Waals surface area contributed by atoms with Gasteiger partial charge in [-0.05, 0) is 98.5 Å². The molecule has 4 aromatic rings. The highest BCUT2D eigenvalue weighted by atomic mass is 16.3. The third-order valence-corrected chi connectivity index (χ3v) is 6.63. The first kappa shape index (κ1) is 60.2. The van der Waals surface area contributed by atoms with Crippen LogP contribution in [0.4, 0.5) is 22.7 Å². The molecule has 2 atom stereocenters. The lowest BCUT2D eigenvalue weighted by atomic mass is 10.0. The van der Waals surface area contributed by atoms with E-state index in [9.17, 15) is 19.8 Å². The van der Waals surface area contributed by atoms with Gasteiger partial charge in [-0.1, -0.05) is 152 Å². The van der Waals surface area contributed by atoms with Crippen molar-refractivity contribution in [3.63, 3.8) is 0 Å². The number of nitrogens with one attached hydrogen (secondary N) is 2. The number of aliphatic hydroxyl groups excluding tert-OH is 2. The van der Waals surface area contributed by atoms with Crippen LogP contribution in [0.2, 0.25) is 0 Å². The van der Waals surface area contributed by atoms with E-state index in [1.54, 1.807) is 60.7 Å². The van der Waals surface area contributed by atoms with E-state index in [1.165, 1.54) is 20.3 Å². The highest BCUT2D eigenvalue weighted by Gasteiger charge is 2.24. The van der Waals surface area contributed by atoms with Gasteiger partial charge in [0.25, 0.3) is 11.8 Å². The van der Waals surface area contributed by atoms with Gasteiger partial charge >= 0.3 is 0 Å². The van der Waals surface area contributed by atoms with Crippen LogP contribution in [-0.4, -0.2) is 34.2 Å². The molecule has 2 amide bonds. The minimum atomic E-state index is -1.08. The highest BCUT2D eigenvalue weighted by molar-refractivity contribution is 6.03. The Morgan fingerprint density at radius 3 is 1.34 bits per heavy atom. The van der Waals surface area contributed by atoms with Crippen molar-refractivity contribution in [1.29, 1.82) is 0 Å². The van der Waals surface area contributed by atoms with Crippen molar-refractivity contribution in [1.82, 2.24) is 0 Å². The monoisotopic (exact) mass is 815 g/mol. The summed E-state index contributed by atoms with van der Waals surface area (Å²) in [5.74, 6) is -1.27. The SMILES string of the molecule is C/C(O)=C(\N=Nc1ccc(-c2ccc(N=NC(C(=O)Nc3ccccc3)C(C)O)c(C)c2)cc1C)C(=O)Nc1ccccc1.CC.CC.CC.CC.CC.CC.CCC. The Labute approximate surface area is 358 Å². The van der Waals surface area contributed by atoms with Crippen LogP contribution in [0.5, 0.6) is 0 Å². The fourth-order valence-electron chi connectivity index (χ4n) is 4.22. The van der Waals surface area contributed by atoms with Gasteiger partial charge in [-0.3, -0.25) is 9.59 Å². The van der Waals surface area contributed by atoms with E-state index in [0.717, 1.165) is 22.3 Å². The fourth-order valence-corrected chi connectivity index (χ4v) is 4.22. The van der Waals surface area contributed by atoms with Crippen LogP contribution in [-0.2, 0) is 9.59 Å². The maximum absolute atomic E-state index is 12.7. The molecule has 0 heterocycles. The molecule has 4 aromatic carbocycles. The molecule has 0 spiro atoms. The van der Waals surface area contributed by atoms with Gasteiger partial charge in [0.05, 0.1) is 17.5 Å². The van der Waals surface area contributed by atoms with Gasteiger partial charge in [-0.15, -0.1) is 10.2 Å². The van der Waals surface area contributed by atoms with Crippen molar-refractivity contribution in [2.75, 3.05) is 10.6 Å². The molecular formula is C49H78N6O4. The smallest absolute Gasteiger partial charge is 0.279 e. The topological polar surface area (TPSA) is 148 Å². The molecule has 0 aliphatic carbocycles. The maximum Gasteiger partial charge on any atom is 0.279 e. The molecule has 4 N–H and O–H groups in total. The second-order valence-corrected chi connectivity index (χ2v) is 10.9. The van der Waals surface area contributed by atoms with Crippen LogP contribution in [0.1, 0.15) is 128 Å². The Balaban J connectivity index is -0.000000900.